The molecule has 3 aromatic rings. The van der Waals surface area contributed by atoms with Crippen molar-refractivity contribution < 1.29 is 39.5 Å². The number of benzene rings is 3. The van der Waals surface area contributed by atoms with E-state index in [1.807, 2.05) is 0 Å². The molecule has 1 atom stereocenters. The zero-order chi connectivity index (χ0) is 32.8. The summed E-state index contributed by atoms with van der Waals surface area (Å²) in [6, 6.07) is 9.12. The standard InChI is InChI=1S/C29H23F3N4O6S2/c1-17-13-22(10-12-24(17)42-4)44(40,41)36-27(23-11-9-19(16-33)14-25(23)43(5,38)39)26(34-3)18(2)35(28(36)37)21-8-6-7-20(15-21)29(30,31)32/h6-15,27H,1-2,4-5H3/t27-/m1/s1. The van der Waals surface area contributed by atoms with E-state index in [1.54, 1.807) is 13.0 Å². The number of carbonyl (C=O) groups is 1. The van der Waals surface area contributed by atoms with Crippen molar-refractivity contribution in [3.8, 4) is 11.8 Å². The lowest BCUT2D eigenvalue weighted by molar-refractivity contribution is -0.137. The molecule has 0 N–H and O–H groups in total. The number of allylic oxidation sites excluding steroid dienone is 1. The van der Waals surface area contributed by atoms with Gasteiger partial charge in [-0.1, -0.05) is 12.1 Å². The van der Waals surface area contributed by atoms with Crippen molar-refractivity contribution in [2.45, 2.75) is 35.9 Å². The zero-order valence-corrected chi connectivity index (χ0v) is 25.2. The molecule has 15 heteroatoms. The summed E-state index contributed by atoms with van der Waals surface area (Å²) in [6.07, 6.45) is -4.00. The van der Waals surface area contributed by atoms with Crippen LogP contribution < -0.4 is 9.64 Å². The molecule has 2 amide bonds. The molecule has 4 rings (SSSR count). The Morgan fingerprint density at radius 3 is 2.25 bits per heavy atom. The average Bonchev–Trinajstić information content (AvgIpc) is 2.95. The van der Waals surface area contributed by atoms with Crippen molar-refractivity contribution in [1.82, 2.24) is 4.31 Å². The number of carbonyl (C=O) groups excluding carboxylic acids is 1. The van der Waals surface area contributed by atoms with Crippen LogP contribution in [0.25, 0.3) is 4.85 Å². The average molecular weight is 645 g/mol. The molecule has 10 nitrogen and oxygen atoms in total. The van der Waals surface area contributed by atoms with Gasteiger partial charge in [-0.05, 0) is 73.5 Å². The quantitative estimate of drug-likeness (QED) is 0.309. The third-order valence-corrected chi connectivity index (χ3v) is 9.78. The number of amides is 2. The van der Waals surface area contributed by atoms with Crippen LogP contribution in [0.15, 0.2) is 81.8 Å². The molecule has 0 spiro atoms. The summed E-state index contributed by atoms with van der Waals surface area (Å²) in [6.45, 7) is 10.7. The number of nitriles is 1. The number of alkyl halides is 3. The number of sulfonamides is 1. The number of anilines is 1. The Kier molecular flexibility index (Phi) is 8.26. The number of nitrogens with zero attached hydrogens (tertiary/aromatic N) is 4. The number of hydrogen-bond donors (Lipinski definition) is 0. The predicted molar refractivity (Wildman–Crippen MR) is 152 cm³/mol. The zero-order valence-electron chi connectivity index (χ0n) is 23.5. The van der Waals surface area contributed by atoms with Gasteiger partial charge in [-0.15, -0.1) is 0 Å². The summed E-state index contributed by atoms with van der Waals surface area (Å²) in [5.41, 5.74) is -2.22. The van der Waals surface area contributed by atoms with Crippen LogP contribution >= 0.6 is 0 Å². The summed E-state index contributed by atoms with van der Waals surface area (Å²) < 4.78 is 101. The van der Waals surface area contributed by atoms with E-state index in [0.717, 1.165) is 42.7 Å². The van der Waals surface area contributed by atoms with Gasteiger partial charge >= 0.3 is 12.2 Å². The van der Waals surface area contributed by atoms with Crippen molar-refractivity contribution >= 4 is 31.6 Å². The first-order chi connectivity index (χ1) is 20.5. The maximum Gasteiger partial charge on any atom is 0.416 e. The molecular formula is C29H23F3N4O6S2. The number of methoxy groups -OCH3 is 1. The Morgan fingerprint density at radius 1 is 1.02 bits per heavy atom. The Hall–Kier alpha value is -4.86. The normalized spacial score (nSPS) is 16.0. The SMILES string of the molecule is [C-]#[N+]C1=C(C)N(c2cccc(C(F)(F)F)c2)C(=O)N(S(=O)(=O)c2ccc(OC)c(C)c2)[C@@H]1c1ccc(C#N)cc1S(C)(=O)=O. The van der Waals surface area contributed by atoms with Crippen molar-refractivity contribution in [2.24, 2.45) is 0 Å². The van der Waals surface area contributed by atoms with E-state index in [0.29, 0.717) is 22.3 Å². The number of ether oxygens (including phenoxy) is 1. The molecule has 44 heavy (non-hydrogen) atoms. The maximum absolute atomic E-state index is 14.3. The molecule has 1 aliphatic heterocycles. The molecule has 0 aliphatic carbocycles. The van der Waals surface area contributed by atoms with E-state index >= 15 is 0 Å². The third-order valence-electron chi connectivity index (χ3n) is 6.89. The lowest BCUT2D eigenvalue weighted by Crippen LogP contribution is -2.52. The van der Waals surface area contributed by atoms with Gasteiger partial charge in [0.25, 0.3) is 10.0 Å². The van der Waals surface area contributed by atoms with E-state index < -0.39 is 59.2 Å². The molecule has 0 unspecified atom stereocenters. The van der Waals surface area contributed by atoms with E-state index in [1.165, 1.54) is 32.2 Å². The molecule has 0 aromatic heterocycles. The smallest absolute Gasteiger partial charge is 0.416 e. The van der Waals surface area contributed by atoms with Crippen LogP contribution in [-0.2, 0) is 26.0 Å². The fourth-order valence-corrected chi connectivity index (χ4v) is 7.35. The van der Waals surface area contributed by atoms with Gasteiger partial charge in [0.1, 0.15) is 11.8 Å². The van der Waals surface area contributed by atoms with Crippen molar-refractivity contribution in [1.29, 1.82) is 5.26 Å². The van der Waals surface area contributed by atoms with Gasteiger partial charge in [0.15, 0.2) is 9.84 Å². The number of sulfone groups is 1. The number of aryl methyl sites for hydroxylation is 1. The molecule has 3 aromatic carbocycles. The summed E-state index contributed by atoms with van der Waals surface area (Å²) >= 11 is 0. The van der Waals surface area contributed by atoms with Crippen molar-refractivity contribution in [3.63, 3.8) is 0 Å². The summed E-state index contributed by atoms with van der Waals surface area (Å²) in [7, 11) is -7.77. The van der Waals surface area contributed by atoms with Crippen molar-refractivity contribution in [3.05, 3.63) is 106 Å². The predicted octanol–water partition coefficient (Wildman–Crippen LogP) is 5.82. The highest BCUT2D eigenvalue weighted by Crippen LogP contribution is 2.45. The molecule has 0 saturated heterocycles. The molecule has 0 bridgehead atoms. The number of hydrogen-bond acceptors (Lipinski definition) is 7. The molecule has 0 radical (unpaired) electrons. The van der Waals surface area contributed by atoms with Gasteiger partial charge in [0, 0.05) is 17.6 Å². The summed E-state index contributed by atoms with van der Waals surface area (Å²) in [5.74, 6) is 0.320. The lowest BCUT2D eigenvalue weighted by atomic mass is 9.98. The second kappa shape index (κ2) is 11.3. The summed E-state index contributed by atoms with van der Waals surface area (Å²) in [5, 5.41) is 9.39. The number of rotatable bonds is 6. The molecule has 1 aliphatic rings. The summed E-state index contributed by atoms with van der Waals surface area (Å²) in [4.78, 5) is 17.5. The number of urea groups is 1. The Labute approximate surface area is 252 Å². The largest absolute Gasteiger partial charge is 0.496 e. The molecular weight excluding hydrogens is 621 g/mol. The van der Waals surface area contributed by atoms with Crippen LogP contribution in [0.2, 0.25) is 0 Å². The monoisotopic (exact) mass is 644 g/mol. The fourth-order valence-electron chi connectivity index (χ4n) is 4.83. The highest BCUT2D eigenvalue weighted by Gasteiger charge is 2.48. The lowest BCUT2D eigenvalue weighted by Gasteiger charge is -2.41. The van der Waals surface area contributed by atoms with E-state index in [4.69, 9.17) is 11.3 Å². The van der Waals surface area contributed by atoms with Gasteiger partial charge in [-0.3, -0.25) is 4.90 Å². The van der Waals surface area contributed by atoms with E-state index in [9.17, 15) is 40.1 Å². The first-order valence-corrected chi connectivity index (χ1v) is 15.8. The minimum atomic E-state index is -4.95. The van der Waals surface area contributed by atoms with Gasteiger partial charge in [0.05, 0.1) is 40.7 Å². The molecule has 228 valence electrons. The Morgan fingerprint density at radius 2 is 1.70 bits per heavy atom. The maximum atomic E-state index is 14.3. The van der Waals surface area contributed by atoms with Crippen LogP contribution in [0, 0.1) is 24.8 Å². The van der Waals surface area contributed by atoms with Gasteiger partial charge in [-0.25, -0.2) is 30.8 Å². The van der Waals surface area contributed by atoms with Gasteiger partial charge in [0.2, 0.25) is 5.70 Å². The highest BCUT2D eigenvalue weighted by atomic mass is 32.2. The highest BCUT2D eigenvalue weighted by molar-refractivity contribution is 7.91. The number of halogens is 3. The van der Waals surface area contributed by atoms with Crippen molar-refractivity contribution in [2.75, 3.05) is 18.3 Å². The van der Waals surface area contributed by atoms with Crippen LogP contribution in [0.5, 0.6) is 5.75 Å². The Balaban J connectivity index is 2.12. The van der Waals surface area contributed by atoms with Gasteiger partial charge < -0.3 is 4.74 Å². The van der Waals surface area contributed by atoms with E-state index in [2.05, 4.69) is 4.85 Å². The first-order valence-electron chi connectivity index (χ1n) is 12.5. The van der Waals surface area contributed by atoms with E-state index in [-0.39, 0.29) is 26.8 Å². The fraction of sp³-hybridized carbons (Fsp3) is 0.207. The topological polar surface area (TPSA) is 129 Å². The molecule has 0 saturated carbocycles. The molecule has 1 heterocycles. The molecule has 0 fully saturated rings. The van der Waals surface area contributed by atoms with Crippen LogP contribution in [-0.4, -0.2) is 40.5 Å². The third kappa shape index (κ3) is 5.59. The Bertz CT molecular complexity index is 2030. The first kappa shape index (κ1) is 32.1. The minimum Gasteiger partial charge on any atom is -0.496 e. The minimum absolute atomic E-state index is 0.0906. The second-order valence-corrected chi connectivity index (χ2v) is 13.5. The second-order valence-electron chi connectivity index (χ2n) is 9.72. The van der Waals surface area contributed by atoms with Gasteiger partial charge in [-0.2, -0.15) is 18.4 Å². The van der Waals surface area contributed by atoms with Crippen LogP contribution in [0.4, 0.5) is 23.7 Å². The van der Waals surface area contributed by atoms with Crippen LogP contribution in [0.3, 0.4) is 0 Å². The van der Waals surface area contributed by atoms with Crippen LogP contribution in [0.1, 0.15) is 35.2 Å².